The van der Waals surface area contributed by atoms with Crippen LogP contribution in [0.4, 0.5) is 4.79 Å². The Morgan fingerprint density at radius 1 is 1.65 bits per heavy atom. The van der Waals surface area contributed by atoms with E-state index in [2.05, 4.69) is 14.6 Å². The largest absolute Gasteiger partial charge is 0.505 e. The zero-order chi connectivity index (χ0) is 15.3. The Kier molecular flexibility index (Phi) is 5.17. The molecule has 0 saturated heterocycles. The molecule has 1 heterocycles. The Morgan fingerprint density at radius 2 is 2.30 bits per heavy atom. The number of aromatic nitrogens is 1. The molecule has 6 N–H and O–H groups in total. The maximum atomic E-state index is 10.7. The number of carbonyl (C=O) groups excluding carboxylic acids is 1. The molecule has 0 aromatic carbocycles. The normalized spacial score (nSPS) is 11.8. The predicted molar refractivity (Wildman–Crippen MR) is 67.8 cm³/mol. The number of aromatic hydroxyl groups is 1. The van der Waals surface area contributed by atoms with E-state index in [0.29, 0.717) is 0 Å². The molecule has 0 radical (unpaired) electrons. The second-order valence-electron chi connectivity index (χ2n) is 3.63. The second kappa shape index (κ2) is 6.44. The van der Waals surface area contributed by atoms with Crippen LogP contribution in [0.5, 0.6) is 5.75 Å². The molecule has 1 aromatic rings. The molecule has 0 aliphatic rings. The number of rotatable bonds is 5. The minimum Gasteiger partial charge on any atom is -0.505 e. The van der Waals surface area contributed by atoms with Gasteiger partial charge < -0.3 is 20.6 Å². The van der Waals surface area contributed by atoms with Gasteiger partial charge in [-0.3, -0.25) is 9.51 Å². The van der Waals surface area contributed by atoms with Crippen LogP contribution >= 0.6 is 7.82 Å². The van der Waals surface area contributed by atoms with Gasteiger partial charge in [0.15, 0.2) is 0 Å². The number of nitrogens with zero attached hydrogens (tertiary/aromatic N) is 2. The average molecular weight is 304 g/mol. The predicted octanol–water partition coefficient (Wildman–Crippen LogP) is -0.293. The highest BCUT2D eigenvalue weighted by Crippen LogP contribution is 2.37. The SMILES string of the molecule is Cc1ncc(COP(=O)(O)O)c(C=NNC(N)=O)c1O. The van der Waals surface area contributed by atoms with Crippen molar-refractivity contribution in [3.8, 4) is 5.75 Å². The average Bonchev–Trinajstić information content (AvgIpc) is 2.32. The standard InChI is InChI=1S/C9H13N4O6P/c1-5-8(14)7(3-12-13-9(10)15)6(2-11-5)4-19-20(16,17)18/h2-3,14H,4H2,1H3,(H3,10,13,15)(H2,16,17,18). The third-order valence-electron chi connectivity index (χ3n) is 2.11. The van der Waals surface area contributed by atoms with Crippen molar-refractivity contribution in [3.05, 3.63) is 23.0 Å². The number of phosphoric acid groups is 1. The second-order valence-corrected chi connectivity index (χ2v) is 4.87. The first-order chi connectivity index (χ1) is 9.20. The molecule has 0 aliphatic carbocycles. The Morgan fingerprint density at radius 3 is 2.85 bits per heavy atom. The summed E-state index contributed by atoms with van der Waals surface area (Å²) in [4.78, 5) is 31.6. The molecule has 1 rings (SSSR count). The van der Waals surface area contributed by atoms with Crippen molar-refractivity contribution in [2.75, 3.05) is 0 Å². The first-order valence-electron chi connectivity index (χ1n) is 5.16. The van der Waals surface area contributed by atoms with E-state index in [-0.39, 0.29) is 22.6 Å². The van der Waals surface area contributed by atoms with E-state index in [0.717, 1.165) is 6.21 Å². The zero-order valence-corrected chi connectivity index (χ0v) is 11.2. The number of pyridine rings is 1. The monoisotopic (exact) mass is 304 g/mol. The van der Waals surface area contributed by atoms with Gasteiger partial charge in [-0.2, -0.15) is 5.10 Å². The summed E-state index contributed by atoms with van der Waals surface area (Å²) in [5.41, 5.74) is 7.27. The molecule has 0 atom stereocenters. The smallest absolute Gasteiger partial charge is 0.469 e. The van der Waals surface area contributed by atoms with Crippen molar-refractivity contribution in [2.24, 2.45) is 10.8 Å². The van der Waals surface area contributed by atoms with Crippen LogP contribution in [-0.2, 0) is 15.7 Å². The van der Waals surface area contributed by atoms with Gasteiger partial charge in [-0.05, 0) is 6.92 Å². The van der Waals surface area contributed by atoms with Crippen molar-refractivity contribution >= 4 is 20.1 Å². The number of hydrogen-bond donors (Lipinski definition) is 5. The highest BCUT2D eigenvalue weighted by molar-refractivity contribution is 7.46. The van der Waals surface area contributed by atoms with Gasteiger partial charge in [0.25, 0.3) is 0 Å². The number of primary amides is 1. The van der Waals surface area contributed by atoms with Crippen molar-refractivity contribution in [2.45, 2.75) is 13.5 Å². The maximum absolute atomic E-state index is 10.7. The van der Waals surface area contributed by atoms with Gasteiger partial charge in [-0.1, -0.05) is 0 Å². The number of urea groups is 1. The van der Waals surface area contributed by atoms with Gasteiger partial charge in [0.2, 0.25) is 0 Å². The van der Waals surface area contributed by atoms with Gasteiger partial charge in [-0.15, -0.1) is 0 Å². The Balaban J connectivity index is 3.04. The lowest BCUT2D eigenvalue weighted by Gasteiger charge is -2.10. The van der Waals surface area contributed by atoms with Crippen LogP contribution in [0.15, 0.2) is 11.3 Å². The molecule has 0 spiro atoms. The molecule has 0 bridgehead atoms. The minimum atomic E-state index is -4.66. The first-order valence-corrected chi connectivity index (χ1v) is 6.70. The van der Waals surface area contributed by atoms with Crippen molar-refractivity contribution < 1.29 is 28.8 Å². The number of hydrogen-bond acceptors (Lipinski definition) is 6. The summed E-state index contributed by atoms with van der Waals surface area (Å²) in [7, 11) is -4.66. The fraction of sp³-hybridized carbons (Fsp3) is 0.222. The minimum absolute atomic E-state index is 0.0969. The number of nitrogens with two attached hydrogens (primary N) is 1. The summed E-state index contributed by atoms with van der Waals surface area (Å²) in [6.07, 6.45) is 2.32. The quantitative estimate of drug-likeness (QED) is 0.283. The van der Waals surface area contributed by atoms with E-state index < -0.39 is 20.5 Å². The molecule has 0 unspecified atom stereocenters. The molecule has 0 aliphatic heterocycles. The van der Waals surface area contributed by atoms with Gasteiger partial charge in [0.1, 0.15) is 5.75 Å². The lowest BCUT2D eigenvalue weighted by atomic mass is 10.1. The summed E-state index contributed by atoms with van der Waals surface area (Å²) in [6, 6.07) is -0.903. The molecular formula is C9H13N4O6P. The van der Waals surface area contributed by atoms with Crippen LogP contribution in [0.3, 0.4) is 0 Å². The molecule has 0 fully saturated rings. The summed E-state index contributed by atoms with van der Waals surface area (Å²) >= 11 is 0. The highest BCUT2D eigenvalue weighted by Gasteiger charge is 2.17. The van der Waals surface area contributed by atoms with E-state index in [1.807, 2.05) is 5.43 Å². The van der Waals surface area contributed by atoms with Crippen LogP contribution in [0.25, 0.3) is 0 Å². The van der Waals surface area contributed by atoms with Crippen molar-refractivity contribution in [1.29, 1.82) is 0 Å². The van der Waals surface area contributed by atoms with E-state index in [1.165, 1.54) is 13.1 Å². The number of carbonyl (C=O) groups is 1. The van der Waals surface area contributed by atoms with Crippen molar-refractivity contribution in [1.82, 2.24) is 10.4 Å². The number of amides is 2. The molecule has 20 heavy (non-hydrogen) atoms. The van der Waals surface area contributed by atoms with E-state index in [4.69, 9.17) is 15.5 Å². The lowest BCUT2D eigenvalue weighted by molar-refractivity contribution is 0.188. The Labute approximate surface area is 113 Å². The Hall–Kier alpha value is -2.00. The van der Waals surface area contributed by atoms with E-state index in [1.54, 1.807) is 0 Å². The fourth-order valence-corrected chi connectivity index (χ4v) is 1.53. The number of phosphoric ester groups is 1. The Bertz CT molecular complexity index is 584. The number of nitrogens with one attached hydrogen (secondary N) is 1. The van der Waals surface area contributed by atoms with Gasteiger partial charge >= 0.3 is 13.9 Å². The summed E-state index contributed by atoms with van der Waals surface area (Å²) in [5, 5.41) is 13.3. The molecule has 0 saturated carbocycles. The fourth-order valence-electron chi connectivity index (χ4n) is 1.23. The summed E-state index contributed by atoms with van der Waals surface area (Å²) in [6.45, 7) is 1.02. The van der Waals surface area contributed by atoms with Gasteiger partial charge in [-0.25, -0.2) is 14.8 Å². The van der Waals surface area contributed by atoms with Gasteiger partial charge in [0.05, 0.1) is 18.5 Å². The van der Waals surface area contributed by atoms with Crippen LogP contribution in [-0.4, -0.2) is 32.1 Å². The van der Waals surface area contributed by atoms with Crippen LogP contribution < -0.4 is 11.2 Å². The van der Waals surface area contributed by atoms with Crippen molar-refractivity contribution in [3.63, 3.8) is 0 Å². The summed E-state index contributed by atoms with van der Waals surface area (Å²) in [5.74, 6) is -0.258. The maximum Gasteiger partial charge on any atom is 0.469 e. The molecule has 11 heteroatoms. The van der Waals surface area contributed by atoms with E-state index >= 15 is 0 Å². The molecule has 2 amide bonds. The van der Waals surface area contributed by atoms with Gasteiger partial charge in [0, 0.05) is 17.3 Å². The molecular weight excluding hydrogens is 291 g/mol. The van der Waals surface area contributed by atoms with Crippen LogP contribution in [0.2, 0.25) is 0 Å². The number of hydrazone groups is 1. The van der Waals surface area contributed by atoms with Crippen LogP contribution in [0.1, 0.15) is 16.8 Å². The first kappa shape index (κ1) is 16.1. The third kappa shape index (κ3) is 4.94. The molecule has 110 valence electrons. The summed E-state index contributed by atoms with van der Waals surface area (Å²) < 4.78 is 15.0. The zero-order valence-electron chi connectivity index (χ0n) is 10.3. The van der Waals surface area contributed by atoms with Crippen LogP contribution in [0, 0.1) is 6.92 Å². The third-order valence-corrected chi connectivity index (χ3v) is 2.58. The lowest BCUT2D eigenvalue weighted by Crippen LogP contribution is -2.24. The number of aryl methyl sites for hydroxylation is 1. The topological polar surface area (TPSA) is 167 Å². The molecule has 1 aromatic heterocycles. The van der Waals surface area contributed by atoms with E-state index in [9.17, 15) is 14.5 Å². The molecule has 10 nitrogen and oxygen atoms in total. The highest BCUT2D eigenvalue weighted by atomic mass is 31.2.